The van der Waals surface area contributed by atoms with Gasteiger partial charge in [-0.05, 0) is 38.9 Å². The molecule has 1 fully saturated rings. The molecule has 1 aromatic heterocycles. The van der Waals surface area contributed by atoms with Crippen LogP contribution in [0.25, 0.3) is 10.9 Å². The highest BCUT2D eigenvalue weighted by atomic mass is 16.5. The molecule has 3 N–H and O–H groups in total. The highest BCUT2D eigenvalue weighted by Gasteiger charge is 2.32. The van der Waals surface area contributed by atoms with Crippen LogP contribution in [0, 0.1) is 5.92 Å². The molecule has 1 unspecified atom stereocenters. The standard InChI is InChI=1S/C17H25N5O2/c1-22(2)13(10-5-6-10)9-19-17-20-12-8-15(24-4)14(23-3)7-11(12)16(18)21-17/h7-8,10,13H,5-6,9H2,1-4H3,(H3,18,19,20,21). The van der Waals surface area contributed by atoms with E-state index >= 15 is 0 Å². The molecule has 7 heteroatoms. The average Bonchev–Trinajstić information content (AvgIpc) is 3.38. The maximum Gasteiger partial charge on any atom is 0.225 e. The number of aromatic nitrogens is 2. The van der Waals surface area contributed by atoms with Gasteiger partial charge in [-0.15, -0.1) is 0 Å². The summed E-state index contributed by atoms with van der Waals surface area (Å²) in [4.78, 5) is 11.2. The highest BCUT2D eigenvalue weighted by Crippen LogP contribution is 2.35. The van der Waals surface area contributed by atoms with Crippen LogP contribution in [0.5, 0.6) is 11.5 Å². The molecular formula is C17H25N5O2. The normalized spacial score (nSPS) is 15.5. The number of hydrogen-bond donors (Lipinski definition) is 2. The lowest BCUT2D eigenvalue weighted by atomic mass is 10.1. The van der Waals surface area contributed by atoms with Gasteiger partial charge in [-0.1, -0.05) is 0 Å². The fourth-order valence-electron chi connectivity index (χ4n) is 3.01. The first kappa shape index (κ1) is 16.6. The van der Waals surface area contributed by atoms with Gasteiger partial charge in [0, 0.05) is 24.0 Å². The summed E-state index contributed by atoms with van der Waals surface area (Å²) in [5.74, 6) is 2.96. The maximum absolute atomic E-state index is 6.11. The Kier molecular flexibility index (Phi) is 4.62. The number of methoxy groups -OCH3 is 2. The number of fused-ring (bicyclic) bond motifs is 1. The van der Waals surface area contributed by atoms with Gasteiger partial charge in [0.1, 0.15) is 5.82 Å². The zero-order valence-electron chi connectivity index (χ0n) is 14.7. The van der Waals surface area contributed by atoms with Crippen LogP contribution in [0.2, 0.25) is 0 Å². The van der Waals surface area contributed by atoms with Crippen LogP contribution in [-0.2, 0) is 0 Å². The minimum atomic E-state index is 0.427. The summed E-state index contributed by atoms with van der Waals surface area (Å²) in [6, 6.07) is 4.11. The number of ether oxygens (including phenoxy) is 2. The largest absolute Gasteiger partial charge is 0.493 e. The van der Waals surface area contributed by atoms with Crippen molar-refractivity contribution in [2.24, 2.45) is 5.92 Å². The lowest BCUT2D eigenvalue weighted by Gasteiger charge is -2.24. The van der Waals surface area contributed by atoms with E-state index in [9.17, 15) is 0 Å². The molecule has 1 atom stereocenters. The summed E-state index contributed by atoms with van der Waals surface area (Å²) in [7, 11) is 7.41. The molecule has 130 valence electrons. The van der Waals surface area contributed by atoms with Crippen molar-refractivity contribution in [2.45, 2.75) is 18.9 Å². The van der Waals surface area contributed by atoms with Crippen molar-refractivity contribution >= 4 is 22.7 Å². The Labute approximate surface area is 142 Å². The number of hydrogen-bond acceptors (Lipinski definition) is 7. The van der Waals surface area contributed by atoms with E-state index in [0.29, 0.717) is 29.3 Å². The first-order valence-corrected chi connectivity index (χ1v) is 8.13. The van der Waals surface area contributed by atoms with Gasteiger partial charge >= 0.3 is 0 Å². The summed E-state index contributed by atoms with van der Waals surface area (Å²) >= 11 is 0. The van der Waals surface area contributed by atoms with Gasteiger partial charge in [0.15, 0.2) is 11.5 Å². The first-order chi connectivity index (χ1) is 11.5. The highest BCUT2D eigenvalue weighted by molar-refractivity contribution is 5.91. The SMILES string of the molecule is COc1cc2nc(NCC(C3CC3)N(C)C)nc(N)c2cc1OC. The predicted molar refractivity (Wildman–Crippen MR) is 95.7 cm³/mol. The summed E-state index contributed by atoms with van der Waals surface area (Å²) in [5, 5.41) is 4.08. The second-order valence-corrected chi connectivity index (χ2v) is 6.41. The average molecular weight is 331 g/mol. The predicted octanol–water partition coefficient (Wildman–Crippen LogP) is 1.98. The summed E-state index contributed by atoms with van der Waals surface area (Å²) in [5.41, 5.74) is 6.84. The van der Waals surface area contributed by atoms with Crippen molar-refractivity contribution in [1.29, 1.82) is 0 Å². The lowest BCUT2D eigenvalue weighted by molar-refractivity contribution is 0.276. The van der Waals surface area contributed by atoms with Crippen molar-refractivity contribution < 1.29 is 9.47 Å². The Morgan fingerprint density at radius 1 is 1.21 bits per heavy atom. The quantitative estimate of drug-likeness (QED) is 0.802. The van der Waals surface area contributed by atoms with E-state index in [4.69, 9.17) is 15.2 Å². The van der Waals surface area contributed by atoms with Gasteiger partial charge in [-0.25, -0.2) is 4.98 Å². The maximum atomic E-state index is 6.11. The fraction of sp³-hybridized carbons (Fsp3) is 0.529. The number of likely N-dealkylation sites (N-methyl/N-ethyl adjacent to an activating group) is 1. The lowest BCUT2D eigenvalue weighted by Crippen LogP contribution is -2.36. The van der Waals surface area contributed by atoms with E-state index in [0.717, 1.165) is 23.4 Å². The van der Waals surface area contributed by atoms with Gasteiger partial charge in [0.25, 0.3) is 0 Å². The smallest absolute Gasteiger partial charge is 0.225 e. The molecule has 1 aliphatic rings. The minimum absolute atomic E-state index is 0.427. The van der Waals surface area contributed by atoms with Crippen molar-refractivity contribution in [3.63, 3.8) is 0 Å². The number of nitrogen functional groups attached to an aromatic ring is 1. The van der Waals surface area contributed by atoms with Crippen molar-refractivity contribution in [3.05, 3.63) is 12.1 Å². The zero-order valence-corrected chi connectivity index (χ0v) is 14.7. The second-order valence-electron chi connectivity index (χ2n) is 6.41. The van der Waals surface area contributed by atoms with Gasteiger partial charge in [0.05, 0.1) is 19.7 Å². The molecule has 1 saturated carbocycles. The van der Waals surface area contributed by atoms with Crippen LogP contribution in [0.15, 0.2) is 12.1 Å². The van der Waals surface area contributed by atoms with Crippen LogP contribution in [-0.4, -0.2) is 55.8 Å². The molecule has 24 heavy (non-hydrogen) atoms. The molecule has 0 saturated heterocycles. The van der Waals surface area contributed by atoms with Crippen LogP contribution in [0.1, 0.15) is 12.8 Å². The molecule has 3 rings (SSSR count). The Balaban J connectivity index is 1.86. The molecule has 0 radical (unpaired) electrons. The van der Waals surface area contributed by atoms with Gasteiger partial charge < -0.3 is 25.4 Å². The summed E-state index contributed by atoms with van der Waals surface area (Å²) in [6.45, 7) is 0.801. The molecule has 0 bridgehead atoms. The first-order valence-electron chi connectivity index (χ1n) is 8.13. The molecular weight excluding hydrogens is 306 g/mol. The third-order valence-corrected chi connectivity index (χ3v) is 4.53. The van der Waals surface area contributed by atoms with E-state index < -0.39 is 0 Å². The topological polar surface area (TPSA) is 85.5 Å². The number of nitrogens with zero attached hydrogens (tertiary/aromatic N) is 3. The third kappa shape index (κ3) is 3.31. The number of benzene rings is 1. The third-order valence-electron chi connectivity index (χ3n) is 4.53. The van der Waals surface area contributed by atoms with E-state index in [-0.39, 0.29) is 0 Å². The number of rotatable bonds is 7. The van der Waals surface area contributed by atoms with Crippen LogP contribution in [0.4, 0.5) is 11.8 Å². The van der Waals surface area contributed by atoms with E-state index in [1.807, 2.05) is 6.07 Å². The van der Waals surface area contributed by atoms with Crippen molar-refractivity contribution in [3.8, 4) is 11.5 Å². The molecule has 1 aromatic carbocycles. The summed E-state index contributed by atoms with van der Waals surface area (Å²) < 4.78 is 10.7. The molecule has 1 aliphatic carbocycles. The monoisotopic (exact) mass is 331 g/mol. The molecule has 0 spiro atoms. The molecule has 7 nitrogen and oxygen atoms in total. The van der Waals surface area contributed by atoms with Gasteiger partial charge in [0.2, 0.25) is 5.95 Å². The van der Waals surface area contributed by atoms with Gasteiger partial charge in [-0.2, -0.15) is 4.98 Å². The number of nitrogens with two attached hydrogens (primary N) is 1. The number of nitrogens with one attached hydrogen (secondary N) is 1. The zero-order chi connectivity index (χ0) is 17.3. The Hall–Kier alpha value is -2.28. The molecule has 0 aliphatic heterocycles. The second kappa shape index (κ2) is 6.68. The van der Waals surface area contributed by atoms with Gasteiger partial charge in [-0.3, -0.25) is 0 Å². The van der Waals surface area contributed by atoms with Crippen molar-refractivity contribution in [2.75, 3.05) is 45.9 Å². The number of anilines is 2. The molecule has 0 amide bonds. The Morgan fingerprint density at radius 2 is 1.88 bits per heavy atom. The fourth-order valence-corrected chi connectivity index (χ4v) is 3.01. The Morgan fingerprint density at radius 3 is 2.46 bits per heavy atom. The minimum Gasteiger partial charge on any atom is -0.493 e. The molecule has 2 aromatic rings. The van der Waals surface area contributed by atoms with E-state index in [1.165, 1.54) is 12.8 Å². The van der Waals surface area contributed by atoms with Crippen molar-refractivity contribution in [1.82, 2.24) is 14.9 Å². The van der Waals surface area contributed by atoms with E-state index in [1.54, 1.807) is 20.3 Å². The Bertz CT molecular complexity index is 728. The van der Waals surface area contributed by atoms with E-state index in [2.05, 4.69) is 34.3 Å². The summed E-state index contributed by atoms with van der Waals surface area (Å²) in [6.07, 6.45) is 2.59. The van der Waals surface area contributed by atoms with Crippen LogP contribution in [0.3, 0.4) is 0 Å². The van der Waals surface area contributed by atoms with Crippen LogP contribution < -0.4 is 20.5 Å². The van der Waals surface area contributed by atoms with Crippen LogP contribution >= 0.6 is 0 Å². The molecule has 1 heterocycles.